The summed E-state index contributed by atoms with van der Waals surface area (Å²) in [5.41, 5.74) is 1.25. The average Bonchev–Trinajstić information content (AvgIpc) is 3.24. The van der Waals surface area contributed by atoms with Crippen LogP contribution in [0.1, 0.15) is 48.7 Å². The molecule has 24 heavy (non-hydrogen) atoms. The number of benzene rings is 1. The van der Waals surface area contributed by atoms with Gasteiger partial charge >= 0.3 is 0 Å². The summed E-state index contributed by atoms with van der Waals surface area (Å²) in [6.45, 7) is 2.19. The van der Waals surface area contributed by atoms with Gasteiger partial charge in [0.2, 0.25) is 5.88 Å². The number of hydrogen-bond donors (Lipinski definition) is 1. The molecule has 1 N–H and O–H groups in total. The first-order chi connectivity index (χ1) is 11.6. The van der Waals surface area contributed by atoms with Crippen molar-refractivity contribution in [3.63, 3.8) is 0 Å². The zero-order valence-electron chi connectivity index (χ0n) is 14.2. The van der Waals surface area contributed by atoms with Gasteiger partial charge < -0.3 is 14.0 Å². The summed E-state index contributed by atoms with van der Waals surface area (Å²) in [4.78, 5) is 12.6. The fourth-order valence-corrected chi connectivity index (χ4v) is 3.28. The van der Waals surface area contributed by atoms with Crippen molar-refractivity contribution in [1.29, 1.82) is 0 Å². The Morgan fingerprint density at radius 1 is 1.21 bits per heavy atom. The lowest BCUT2D eigenvalue weighted by molar-refractivity contribution is 0.101. The summed E-state index contributed by atoms with van der Waals surface area (Å²) in [5.74, 6) is 0.850. The second-order valence-corrected chi connectivity index (χ2v) is 6.34. The van der Waals surface area contributed by atoms with Crippen molar-refractivity contribution in [2.75, 3.05) is 19.5 Å². The molecule has 0 aliphatic heterocycles. The average molecular weight is 330 g/mol. The third kappa shape index (κ3) is 2.96. The molecule has 0 spiro atoms. The summed E-state index contributed by atoms with van der Waals surface area (Å²) in [6.07, 6.45) is 4.58. The van der Waals surface area contributed by atoms with Crippen LogP contribution in [0.15, 0.2) is 28.8 Å². The molecule has 0 radical (unpaired) electrons. The van der Waals surface area contributed by atoms with Crippen molar-refractivity contribution >= 4 is 11.8 Å². The van der Waals surface area contributed by atoms with E-state index in [0.29, 0.717) is 22.9 Å². The van der Waals surface area contributed by atoms with E-state index in [0.717, 1.165) is 18.5 Å². The quantitative estimate of drug-likeness (QED) is 0.903. The van der Waals surface area contributed by atoms with Gasteiger partial charge in [-0.2, -0.15) is 0 Å². The summed E-state index contributed by atoms with van der Waals surface area (Å²) < 4.78 is 15.8. The summed E-state index contributed by atoms with van der Waals surface area (Å²) in [6, 6.07) is 7.00. The van der Waals surface area contributed by atoms with Crippen LogP contribution in [-0.4, -0.2) is 25.3 Å². The Morgan fingerprint density at radius 3 is 2.42 bits per heavy atom. The third-order valence-corrected chi connectivity index (χ3v) is 4.73. The summed E-state index contributed by atoms with van der Waals surface area (Å²) in [7, 11) is 3.03. The van der Waals surface area contributed by atoms with Gasteiger partial charge in [-0.05, 0) is 25.0 Å². The number of nitrogens with one attached hydrogen (secondary N) is 1. The molecule has 0 unspecified atom stereocenters. The van der Waals surface area contributed by atoms with Gasteiger partial charge in [-0.15, -0.1) is 0 Å². The van der Waals surface area contributed by atoms with Crippen molar-refractivity contribution in [1.82, 2.24) is 5.16 Å². The molecule has 0 bridgehead atoms. The second kappa shape index (κ2) is 6.55. The van der Waals surface area contributed by atoms with Gasteiger partial charge in [0.15, 0.2) is 0 Å². The fraction of sp³-hybridized carbons (Fsp3) is 0.444. The number of carbonyl (C=O) groups excluding carboxylic acids is 1. The SMILES string of the molecule is COc1cccc(OC)c1C(=O)Nc1cc(C2(C)CCCC2)no1. The predicted molar refractivity (Wildman–Crippen MR) is 89.8 cm³/mol. The maximum absolute atomic E-state index is 12.6. The number of aromatic nitrogens is 1. The zero-order chi connectivity index (χ0) is 17.2. The van der Waals surface area contributed by atoms with Crippen LogP contribution in [0.4, 0.5) is 5.88 Å². The molecule has 0 atom stereocenters. The van der Waals surface area contributed by atoms with Gasteiger partial charge in [0.1, 0.15) is 17.1 Å². The molecule has 1 aliphatic carbocycles. The maximum Gasteiger partial charge on any atom is 0.265 e. The van der Waals surface area contributed by atoms with E-state index in [1.165, 1.54) is 27.1 Å². The number of anilines is 1. The fourth-order valence-electron chi connectivity index (χ4n) is 3.28. The van der Waals surface area contributed by atoms with Gasteiger partial charge in [0.25, 0.3) is 5.91 Å². The summed E-state index contributed by atoms with van der Waals surface area (Å²) in [5, 5.41) is 6.89. The van der Waals surface area contributed by atoms with Crippen molar-refractivity contribution < 1.29 is 18.8 Å². The van der Waals surface area contributed by atoms with Gasteiger partial charge in [-0.1, -0.05) is 31.0 Å². The van der Waals surface area contributed by atoms with Crippen molar-refractivity contribution in [2.24, 2.45) is 0 Å². The molecule has 2 aromatic rings. The Morgan fingerprint density at radius 2 is 1.83 bits per heavy atom. The molecule has 1 saturated carbocycles. The Bertz CT molecular complexity index is 710. The number of carbonyl (C=O) groups is 1. The molecule has 1 aliphatic rings. The minimum atomic E-state index is -0.358. The minimum absolute atomic E-state index is 0.0363. The zero-order valence-corrected chi connectivity index (χ0v) is 14.2. The van der Waals surface area contributed by atoms with Crippen LogP contribution in [0, 0.1) is 0 Å². The molecular formula is C18H22N2O4. The van der Waals surface area contributed by atoms with E-state index in [1.54, 1.807) is 18.2 Å². The van der Waals surface area contributed by atoms with Gasteiger partial charge in [-0.3, -0.25) is 10.1 Å². The molecule has 3 rings (SSSR count). The van der Waals surface area contributed by atoms with E-state index in [2.05, 4.69) is 17.4 Å². The van der Waals surface area contributed by atoms with Crippen molar-refractivity contribution in [2.45, 2.75) is 38.0 Å². The van der Waals surface area contributed by atoms with E-state index in [1.807, 2.05) is 6.07 Å². The van der Waals surface area contributed by atoms with Crippen LogP contribution in [-0.2, 0) is 5.41 Å². The highest BCUT2D eigenvalue weighted by molar-refractivity contribution is 6.07. The molecule has 0 saturated heterocycles. The normalized spacial score (nSPS) is 16.0. The molecule has 1 fully saturated rings. The number of rotatable bonds is 5. The van der Waals surface area contributed by atoms with Gasteiger partial charge in [0.05, 0.1) is 19.9 Å². The van der Waals surface area contributed by atoms with Crippen LogP contribution in [0.25, 0.3) is 0 Å². The van der Waals surface area contributed by atoms with Crippen LogP contribution in [0.5, 0.6) is 11.5 Å². The minimum Gasteiger partial charge on any atom is -0.496 e. The van der Waals surface area contributed by atoms with E-state index < -0.39 is 0 Å². The van der Waals surface area contributed by atoms with Gasteiger partial charge in [0, 0.05) is 11.5 Å². The Balaban J connectivity index is 1.82. The molecule has 1 aromatic carbocycles. The number of ether oxygens (including phenoxy) is 2. The summed E-state index contributed by atoms with van der Waals surface area (Å²) >= 11 is 0. The number of hydrogen-bond acceptors (Lipinski definition) is 5. The monoisotopic (exact) mass is 330 g/mol. The predicted octanol–water partition coefficient (Wildman–Crippen LogP) is 3.78. The molecule has 1 heterocycles. The molecule has 1 amide bonds. The van der Waals surface area contributed by atoms with Crippen LogP contribution >= 0.6 is 0 Å². The molecule has 6 heteroatoms. The van der Waals surface area contributed by atoms with E-state index in [-0.39, 0.29) is 11.3 Å². The van der Waals surface area contributed by atoms with E-state index in [9.17, 15) is 4.79 Å². The largest absolute Gasteiger partial charge is 0.496 e. The molecule has 6 nitrogen and oxygen atoms in total. The number of nitrogens with zero attached hydrogens (tertiary/aromatic N) is 1. The molecule has 1 aromatic heterocycles. The van der Waals surface area contributed by atoms with Crippen LogP contribution in [0.3, 0.4) is 0 Å². The van der Waals surface area contributed by atoms with Gasteiger partial charge in [-0.25, -0.2) is 0 Å². The van der Waals surface area contributed by atoms with E-state index in [4.69, 9.17) is 14.0 Å². The molecule has 128 valence electrons. The highest BCUT2D eigenvalue weighted by Crippen LogP contribution is 2.40. The third-order valence-electron chi connectivity index (χ3n) is 4.73. The molecular weight excluding hydrogens is 308 g/mol. The topological polar surface area (TPSA) is 73.6 Å². The maximum atomic E-state index is 12.6. The van der Waals surface area contributed by atoms with Crippen molar-refractivity contribution in [3.05, 3.63) is 35.5 Å². The first-order valence-corrected chi connectivity index (χ1v) is 8.07. The lowest BCUT2D eigenvalue weighted by atomic mass is 9.85. The van der Waals surface area contributed by atoms with Crippen LogP contribution < -0.4 is 14.8 Å². The van der Waals surface area contributed by atoms with Crippen molar-refractivity contribution in [3.8, 4) is 11.5 Å². The Labute approximate surface area is 141 Å². The van der Waals surface area contributed by atoms with Crippen LogP contribution in [0.2, 0.25) is 0 Å². The number of amides is 1. The first-order valence-electron chi connectivity index (χ1n) is 8.07. The lowest BCUT2D eigenvalue weighted by Gasteiger charge is -2.19. The standard InChI is InChI=1S/C18H22N2O4/c1-18(9-4-5-10-18)14-11-15(24-20-14)19-17(21)16-12(22-2)7-6-8-13(16)23-3/h6-8,11H,4-5,9-10H2,1-3H3,(H,19,21). The Hall–Kier alpha value is -2.50. The smallest absolute Gasteiger partial charge is 0.265 e. The second-order valence-electron chi connectivity index (χ2n) is 6.34. The van der Waals surface area contributed by atoms with E-state index >= 15 is 0 Å². The highest BCUT2D eigenvalue weighted by Gasteiger charge is 2.34. The Kier molecular flexibility index (Phi) is 4.46. The first kappa shape index (κ1) is 16.4. The highest BCUT2D eigenvalue weighted by atomic mass is 16.5. The lowest BCUT2D eigenvalue weighted by Crippen LogP contribution is -2.17. The number of methoxy groups -OCH3 is 2.